The van der Waals surface area contributed by atoms with Gasteiger partial charge < -0.3 is 4.98 Å². The molecule has 5 aromatic rings. The van der Waals surface area contributed by atoms with Crippen LogP contribution in [0.1, 0.15) is 11.1 Å². The Hall–Kier alpha value is -3.52. The summed E-state index contributed by atoms with van der Waals surface area (Å²) in [6, 6.07) is 15.8. The van der Waals surface area contributed by atoms with E-state index in [0.717, 1.165) is 26.6 Å². The zero-order chi connectivity index (χ0) is 21.4. The molecule has 154 valence electrons. The fourth-order valence-corrected chi connectivity index (χ4v) is 3.97. The standard InChI is InChI=1S/C23H17BrFN5O/c24-16-11-15(12-26-13-16)21-18(10-7-14-5-8-17(25)9-6-14)22(31)30(29-21)23-27-19-3-1-2-4-20(19)28-23/h1-6,8-9,11-13,29H,7,10H2,(H,27,28). The molecule has 0 saturated carbocycles. The number of nitrogens with zero attached hydrogens (tertiary/aromatic N) is 3. The first-order valence-corrected chi connectivity index (χ1v) is 10.5. The number of para-hydroxylation sites is 2. The normalized spacial score (nSPS) is 11.3. The van der Waals surface area contributed by atoms with Crippen molar-refractivity contribution in [1.82, 2.24) is 24.7 Å². The number of H-pyrrole nitrogens is 2. The van der Waals surface area contributed by atoms with Crippen LogP contribution in [0.4, 0.5) is 4.39 Å². The molecule has 8 heteroatoms. The Kier molecular flexibility index (Phi) is 4.99. The number of fused-ring (bicyclic) bond motifs is 1. The number of nitrogens with one attached hydrogen (secondary N) is 2. The lowest BCUT2D eigenvalue weighted by Crippen LogP contribution is -2.18. The van der Waals surface area contributed by atoms with Crippen molar-refractivity contribution in [2.75, 3.05) is 0 Å². The van der Waals surface area contributed by atoms with E-state index in [1.54, 1.807) is 24.5 Å². The number of hydrogen-bond donors (Lipinski definition) is 2. The minimum atomic E-state index is -0.279. The SMILES string of the molecule is O=c1c(CCc2ccc(F)cc2)c(-c2cncc(Br)c2)[nH]n1-c1nc2ccccc2[nH]1. The molecule has 0 saturated heterocycles. The van der Waals surface area contributed by atoms with Crippen molar-refractivity contribution in [3.05, 3.63) is 98.8 Å². The van der Waals surface area contributed by atoms with Gasteiger partial charge >= 0.3 is 0 Å². The van der Waals surface area contributed by atoms with Crippen molar-refractivity contribution in [3.63, 3.8) is 0 Å². The number of aromatic nitrogens is 5. The summed E-state index contributed by atoms with van der Waals surface area (Å²) in [5.41, 5.74) is 4.48. The van der Waals surface area contributed by atoms with Crippen molar-refractivity contribution in [1.29, 1.82) is 0 Å². The topological polar surface area (TPSA) is 79.4 Å². The molecule has 5 rings (SSSR count). The summed E-state index contributed by atoms with van der Waals surface area (Å²) in [7, 11) is 0. The number of aryl methyl sites for hydroxylation is 1. The molecule has 0 spiro atoms. The van der Waals surface area contributed by atoms with Crippen LogP contribution in [-0.2, 0) is 12.8 Å². The quantitative estimate of drug-likeness (QED) is 0.381. The summed E-state index contributed by atoms with van der Waals surface area (Å²) in [6.07, 6.45) is 4.48. The van der Waals surface area contributed by atoms with Gasteiger partial charge in [0.2, 0.25) is 5.95 Å². The molecular weight excluding hydrogens is 461 g/mol. The second-order valence-corrected chi connectivity index (χ2v) is 8.12. The molecule has 0 aliphatic heterocycles. The summed E-state index contributed by atoms with van der Waals surface area (Å²) in [4.78, 5) is 25.4. The van der Waals surface area contributed by atoms with Gasteiger partial charge in [-0.25, -0.2) is 9.37 Å². The molecule has 0 aliphatic carbocycles. The molecular formula is C23H17BrFN5O. The first kappa shape index (κ1) is 19.4. The number of aromatic amines is 2. The number of hydrogen-bond acceptors (Lipinski definition) is 3. The Morgan fingerprint density at radius 3 is 2.61 bits per heavy atom. The van der Waals surface area contributed by atoms with Crippen LogP contribution in [0.5, 0.6) is 0 Å². The summed E-state index contributed by atoms with van der Waals surface area (Å²) in [5, 5.41) is 3.21. The maximum Gasteiger partial charge on any atom is 0.277 e. The monoisotopic (exact) mass is 477 g/mol. The van der Waals surface area contributed by atoms with Gasteiger partial charge in [-0.15, -0.1) is 0 Å². The van der Waals surface area contributed by atoms with Gasteiger partial charge in [-0.1, -0.05) is 24.3 Å². The first-order chi connectivity index (χ1) is 15.1. The molecule has 0 atom stereocenters. The molecule has 0 bridgehead atoms. The van der Waals surface area contributed by atoms with Crippen LogP contribution in [0, 0.1) is 5.82 Å². The summed E-state index contributed by atoms with van der Waals surface area (Å²) in [6.45, 7) is 0. The highest BCUT2D eigenvalue weighted by molar-refractivity contribution is 9.10. The van der Waals surface area contributed by atoms with Gasteiger partial charge in [-0.05, 0) is 64.7 Å². The van der Waals surface area contributed by atoms with Crippen LogP contribution < -0.4 is 5.56 Å². The highest BCUT2D eigenvalue weighted by atomic mass is 79.9. The number of pyridine rings is 1. The Morgan fingerprint density at radius 1 is 1.03 bits per heavy atom. The zero-order valence-electron chi connectivity index (χ0n) is 16.3. The maximum absolute atomic E-state index is 13.4. The van der Waals surface area contributed by atoms with E-state index in [0.29, 0.717) is 30.0 Å². The zero-order valence-corrected chi connectivity index (χ0v) is 17.9. The minimum absolute atomic E-state index is 0.184. The molecule has 6 nitrogen and oxygen atoms in total. The number of halogens is 2. The average Bonchev–Trinajstić information content (AvgIpc) is 3.34. The first-order valence-electron chi connectivity index (χ1n) is 9.73. The van der Waals surface area contributed by atoms with Crippen LogP contribution in [0.25, 0.3) is 28.2 Å². The lowest BCUT2D eigenvalue weighted by molar-refractivity contribution is 0.627. The van der Waals surface area contributed by atoms with E-state index in [1.807, 2.05) is 30.3 Å². The minimum Gasteiger partial charge on any atom is -0.322 e. The van der Waals surface area contributed by atoms with Crippen LogP contribution in [0.3, 0.4) is 0 Å². The van der Waals surface area contributed by atoms with Gasteiger partial charge in [0.25, 0.3) is 5.56 Å². The molecule has 0 radical (unpaired) electrons. The Balaban J connectivity index is 1.60. The fraction of sp³-hybridized carbons (Fsp3) is 0.0870. The van der Waals surface area contributed by atoms with Gasteiger partial charge in [0.15, 0.2) is 0 Å². The second-order valence-electron chi connectivity index (χ2n) is 7.20. The van der Waals surface area contributed by atoms with Crippen molar-refractivity contribution in [2.45, 2.75) is 12.8 Å². The van der Waals surface area contributed by atoms with Crippen LogP contribution in [-0.4, -0.2) is 24.7 Å². The third kappa shape index (κ3) is 3.82. The third-order valence-corrected chi connectivity index (χ3v) is 5.58. The van der Waals surface area contributed by atoms with E-state index in [4.69, 9.17) is 0 Å². The molecule has 31 heavy (non-hydrogen) atoms. The maximum atomic E-state index is 13.4. The number of rotatable bonds is 5. The van der Waals surface area contributed by atoms with E-state index < -0.39 is 0 Å². The lowest BCUT2D eigenvalue weighted by atomic mass is 10.0. The smallest absolute Gasteiger partial charge is 0.277 e. The molecule has 0 fully saturated rings. The average molecular weight is 478 g/mol. The highest BCUT2D eigenvalue weighted by Gasteiger charge is 2.19. The molecule has 0 amide bonds. The molecule has 2 N–H and O–H groups in total. The predicted octanol–water partition coefficient (Wildman–Crippen LogP) is 4.79. The molecule has 3 heterocycles. The molecule has 0 unspecified atom stereocenters. The molecule has 0 aliphatic rings. The van der Waals surface area contributed by atoms with Crippen molar-refractivity contribution in [3.8, 4) is 17.2 Å². The van der Waals surface area contributed by atoms with Gasteiger partial charge in [-0.2, -0.15) is 4.68 Å². The predicted molar refractivity (Wildman–Crippen MR) is 121 cm³/mol. The largest absolute Gasteiger partial charge is 0.322 e. The second kappa shape index (κ2) is 7.96. The van der Waals surface area contributed by atoms with Crippen molar-refractivity contribution >= 4 is 27.0 Å². The summed E-state index contributed by atoms with van der Waals surface area (Å²) < 4.78 is 15.5. The van der Waals surface area contributed by atoms with Crippen molar-refractivity contribution < 1.29 is 4.39 Å². The molecule has 2 aromatic carbocycles. The van der Waals surface area contributed by atoms with Crippen LogP contribution >= 0.6 is 15.9 Å². The van der Waals surface area contributed by atoms with Crippen molar-refractivity contribution in [2.24, 2.45) is 0 Å². The van der Waals surface area contributed by atoms with E-state index >= 15 is 0 Å². The van der Waals surface area contributed by atoms with Crippen LogP contribution in [0.2, 0.25) is 0 Å². The van der Waals surface area contributed by atoms with E-state index in [2.05, 4.69) is 36.0 Å². The van der Waals surface area contributed by atoms with Gasteiger partial charge in [0, 0.05) is 28.0 Å². The number of imidazole rings is 1. The van der Waals surface area contributed by atoms with E-state index in [9.17, 15) is 9.18 Å². The number of benzene rings is 2. The molecule has 3 aromatic heterocycles. The Labute approximate surface area is 184 Å². The lowest BCUT2D eigenvalue weighted by Gasteiger charge is -2.04. The fourth-order valence-electron chi connectivity index (χ4n) is 3.61. The Bertz CT molecular complexity index is 1400. The van der Waals surface area contributed by atoms with Crippen LogP contribution in [0.15, 0.2) is 76.3 Å². The summed E-state index contributed by atoms with van der Waals surface area (Å²) >= 11 is 3.44. The highest BCUT2D eigenvalue weighted by Crippen LogP contribution is 2.24. The van der Waals surface area contributed by atoms with E-state index in [1.165, 1.54) is 16.8 Å². The summed E-state index contributed by atoms with van der Waals surface area (Å²) in [5.74, 6) is 0.141. The third-order valence-electron chi connectivity index (χ3n) is 5.15. The van der Waals surface area contributed by atoms with E-state index in [-0.39, 0.29) is 11.4 Å². The van der Waals surface area contributed by atoms with Gasteiger partial charge in [0.05, 0.1) is 16.7 Å². The van der Waals surface area contributed by atoms with Gasteiger partial charge in [0.1, 0.15) is 5.82 Å². The van der Waals surface area contributed by atoms with Gasteiger partial charge in [-0.3, -0.25) is 14.9 Å². The Morgan fingerprint density at radius 2 is 1.84 bits per heavy atom.